The molecule has 2 rings (SSSR count). The Hall–Kier alpha value is -2.77. The zero-order valence-electron chi connectivity index (χ0n) is 9.68. The molecule has 8 nitrogen and oxygen atoms in total. The van der Waals surface area contributed by atoms with Crippen molar-refractivity contribution in [2.45, 2.75) is 6.10 Å². The first-order valence-corrected chi connectivity index (χ1v) is 5.31. The Morgan fingerprint density at radius 1 is 1.58 bits per heavy atom. The van der Waals surface area contributed by atoms with Crippen LogP contribution in [0.1, 0.15) is 5.56 Å². The number of nitrogen functional groups attached to an aromatic ring is 1. The van der Waals surface area contributed by atoms with Crippen molar-refractivity contribution in [1.29, 1.82) is 0 Å². The highest BCUT2D eigenvalue weighted by atomic mass is 16.6. The van der Waals surface area contributed by atoms with Crippen molar-refractivity contribution in [3.63, 3.8) is 0 Å². The van der Waals surface area contributed by atoms with Crippen LogP contribution in [0.4, 0.5) is 16.2 Å². The van der Waals surface area contributed by atoms with Gasteiger partial charge in [-0.25, -0.2) is 9.59 Å². The maximum absolute atomic E-state index is 11.6. The Morgan fingerprint density at radius 2 is 2.32 bits per heavy atom. The number of hydrogen-bond acceptors (Lipinski definition) is 6. The van der Waals surface area contributed by atoms with E-state index in [0.717, 1.165) is 11.1 Å². The molecule has 1 unspecified atom stereocenters. The minimum Gasteiger partial charge on any atom is -0.478 e. The predicted octanol–water partition coefficient (Wildman–Crippen LogP) is 0.487. The predicted molar refractivity (Wildman–Crippen MR) is 65.5 cm³/mol. The molecule has 1 saturated heterocycles. The van der Waals surface area contributed by atoms with Crippen LogP contribution in [0.3, 0.4) is 0 Å². The fraction of sp³-hybridized carbons (Fsp3) is 0.182. The molecule has 19 heavy (non-hydrogen) atoms. The normalized spacial score (nSPS) is 18.8. The lowest BCUT2D eigenvalue weighted by Gasteiger charge is -2.15. The maximum atomic E-state index is 11.6. The molecule has 100 valence electrons. The summed E-state index contributed by atoms with van der Waals surface area (Å²) in [6.07, 6.45) is -0.888. The van der Waals surface area contributed by atoms with Gasteiger partial charge in [0, 0.05) is 11.3 Å². The Balaban J connectivity index is 2.37. The van der Waals surface area contributed by atoms with Crippen LogP contribution < -0.4 is 10.6 Å². The summed E-state index contributed by atoms with van der Waals surface area (Å²) in [5.74, 6) is -1.22. The van der Waals surface area contributed by atoms with Crippen molar-refractivity contribution in [3.8, 4) is 0 Å². The smallest absolute Gasteiger partial charge is 0.415 e. The van der Waals surface area contributed by atoms with E-state index in [1.807, 2.05) is 0 Å². The van der Waals surface area contributed by atoms with Crippen LogP contribution in [0, 0.1) is 0 Å². The van der Waals surface area contributed by atoms with Gasteiger partial charge in [0.15, 0.2) is 0 Å². The minimum atomic E-state index is -1.22. The average molecular weight is 265 g/mol. The molecule has 1 fully saturated rings. The summed E-state index contributed by atoms with van der Waals surface area (Å²) >= 11 is 0. The SMILES string of the molecule is Nc1ccc(N2CC(C(=O)O)OC2=O)c(/C=N\O)c1. The number of carboxylic acids is 1. The van der Waals surface area contributed by atoms with Crippen molar-refractivity contribution in [3.05, 3.63) is 23.8 Å². The number of ether oxygens (including phenoxy) is 1. The lowest BCUT2D eigenvalue weighted by atomic mass is 10.1. The van der Waals surface area contributed by atoms with Gasteiger partial charge in [-0.1, -0.05) is 5.16 Å². The second kappa shape index (κ2) is 4.84. The lowest BCUT2D eigenvalue weighted by molar-refractivity contribution is -0.144. The number of benzene rings is 1. The number of aliphatic carboxylic acids is 1. The van der Waals surface area contributed by atoms with Gasteiger partial charge >= 0.3 is 12.1 Å². The van der Waals surface area contributed by atoms with E-state index in [0.29, 0.717) is 16.9 Å². The standard InChI is InChI=1S/C11H11N3O5/c12-7-1-2-8(6(3-7)4-13-18)14-5-9(10(15)16)19-11(14)17/h1-4,9,18H,5,12H2,(H,15,16)/b13-4-. The van der Waals surface area contributed by atoms with Gasteiger partial charge in [-0.05, 0) is 18.2 Å². The number of nitrogens with two attached hydrogens (primary N) is 1. The number of carbonyl (C=O) groups is 2. The van der Waals surface area contributed by atoms with Crippen LogP contribution in [-0.2, 0) is 9.53 Å². The first-order valence-electron chi connectivity index (χ1n) is 5.31. The van der Waals surface area contributed by atoms with Gasteiger partial charge in [0.25, 0.3) is 0 Å². The van der Waals surface area contributed by atoms with E-state index in [2.05, 4.69) is 5.16 Å². The van der Waals surface area contributed by atoms with Gasteiger partial charge in [0.1, 0.15) is 0 Å². The van der Waals surface area contributed by atoms with E-state index in [-0.39, 0.29) is 6.54 Å². The number of carboxylic acid groups (broad SMARTS) is 1. The number of rotatable bonds is 3. The van der Waals surface area contributed by atoms with E-state index in [4.69, 9.17) is 20.8 Å². The van der Waals surface area contributed by atoms with Crippen molar-refractivity contribution in [2.24, 2.45) is 5.16 Å². The van der Waals surface area contributed by atoms with Gasteiger partial charge < -0.3 is 20.8 Å². The quantitative estimate of drug-likeness (QED) is 0.316. The van der Waals surface area contributed by atoms with E-state index in [1.54, 1.807) is 6.07 Å². The van der Waals surface area contributed by atoms with Crippen molar-refractivity contribution >= 4 is 29.7 Å². The summed E-state index contributed by atoms with van der Waals surface area (Å²) in [6, 6.07) is 4.57. The number of hydrogen-bond donors (Lipinski definition) is 3. The first kappa shape index (κ1) is 12.7. The van der Waals surface area contributed by atoms with Crippen LogP contribution in [0.15, 0.2) is 23.4 Å². The molecule has 1 aromatic rings. The van der Waals surface area contributed by atoms with Crippen LogP contribution in [-0.4, -0.2) is 41.2 Å². The highest BCUT2D eigenvalue weighted by Crippen LogP contribution is 2.26. The van der Waals surface area contributed by atoms with E-state index in [1.165, 1.54) is 12.1 Å². The molecule has 0 saturated carbocycles. The number of carbonyl (C=O) groups excluding carboxylic acids is 1. The largest absolute Gasteiger partial charge is 0.478 e. The molecule has 4 N–H and O–H groups in total. The molecule has 1 aliphatic rings. The number of cyclic esters (lactones) is 1. The number of oxime groups is 1. The molecule has 1 aromatic carbocycles. The first-order chi connectivity index (χ1) is 9.02. The van der Waals surface area contributed by atoms with Gasteiger partial charge in [-0.15, -0.1) is 0 Å². The average Bonchev–Trinajstić information content (AvgIpc) is 2.72. The molecule has 1 heterocycles. The molecular weight excluding hydrogens is 254 g/mol. The number of nitrogens with zero attached hydrogens (tertiary/aromatic N) is 2. The van der Waals surface area contributed by atoms with Crippen LogP contribution in [0.25, 0.3) is 0 Å². The third-order valence-corrected chi connectivity index (χ3v) is 2.63. The van der Waals surface area contributed by atoms with Gasteiger partial charge in [0.05, 0.1) is 18.4 Å². The molecule has 1 aliphatic heterocycles. The summed E-state index contributed by atoms with van der Waals surface area (Å²) in [5.41, 5.74) is 6.75. The lowest BCUT2D eigenvalue weighted by Crippen LogP contribution is -2.28. The topological polar surface area (TPSA) is 125 Å². The van der Waals surface area contributed by atoms with E-state index < -0.39 is 18.2 Å². The van der Waals surface area contributed by atoms with Crippen LogP contribution in [0.2, 0.25) is 0 Å². The molecule has 0 radical (unpaired) electrons. The second-order valence-electron chi connectivity index (χ2n) is 3.88. The Bertz CT molecular complexity index is 557. The molecule has 0 aliphatic carbocycles. The number of amides is 1. The van der Waals surface area contributed by atoms with Crippen molar-refractivity contribution in [1.82, 2.24) is 0 Å². The third-order valence-electron chi connectivity index (χ3n) is 2.63. The Morgan fingerprint density at radius 3 is 2.89 bits per heavy atom. The summed E-state index contributed by atoms with van der Waals surface area (Å²) in [7, 11) is 0. The summed E-state index contributed by atoms with van der Waals surface area (Å²) in [4.78, 5) is 23.6. The van der Waals surface area contributed by atoms with Gasteiger partial charge in [0.2, 0.25) is 6.10 Å². The highest BCUT2D eigenvalue weighted by molar-refractivity contribution is 5.99. The fourth-order valence-corrected chi connectivity index (χ4v) is 1.77. The zero-order valence-corrected chi connectivity index (χ0v) is 9.68. The zero-order chi connectivity index (χ0) is 14.0. The maximum Gasteiger partial charge on any atom is 0.415 e. The Labute approximate surface area is 107 Å². The third kappa shape index (κ3) is 2.41. The number of anilines is 2. The molecule has 1 amide bonds. The molecule has 0 bridgehead atoms. The summed E-state index contributed by atoms with van der Waals surface area (Å²) in [6.45, 7) is -0.121. The van der Waals surface area contributed by atoms with Crippen molar-refractivity contribution in [2.75, 3.05) is 17.2 Å². The summed E-state index contributed by atoms with van der Waals surface area (Å²) in [5, 5.41) is 20.3. The van der Waals surface area contributed by atoms with Crippen molar-refractivity contribution < 1.29 is 24.6 Å². The second-order valence-corrected chi connectivity index (χ2v) is 3.88. The fourth-order valence-electron chi connectivity index (χ4n) is 1.77. The highest BCUT2D eigenvalue weighted by Gasteiger charge is 2.37. The molecule has 8 heteroatoms. The Kier molecular flexibility index (Phi) is 3.23. The van der Waals surface area contributed by atoms with Crippen LogP contribution in [0.5, 0.6) is 0 Å². The van der Waals surface area contributed by atoms with Gasteiger partial charge in [-0.2, -0.15) is 0 Å². The molecular formula is C11H11N3O5. The van der Waals surface area contributed by atoms with Gasteiger partial charge in [-0.3, -0.25) is 4.90 Å². The minimum absolute atomic E-state index is 0.121. The van der Waals surface area contributed by atoms with E-state index >= 15 is 0 Å². The van der Waals surface area contributed by atoms with Crippen LogP contribution >= 0.6 is 0 Å². The van der Waals surface area contributed by atoms with E-state index in [9.17, 15) is 9.59 Å². The monoisotopic (exact) mass is 265 g/mol. The summed E-state index contributed by atoms with van der Waals surface area (Å²) < 4.78 is 4.70. The molecule has 0 spiro atoms. The molecule has 1 atom stereocenters. The molecule has 0 aromatic heterocycles.